The van der Waals surface area contributed by atoms with Crippen molar-refractivity contribution in [3.8, 4) is 0 Å². The van der Waals surface area contributed by atoms with E-state index in [1.54, 1.807) is 27.7 Å². The molecule has 1 aliphatic heterocycles. The number of hydrogen-bond acceptors (Lipinski definition) is 5. The minimum atomic E-state index is -0.831. The molecular weight excluding hydrogens is 264 g/mol. The van der Waals surface area contributed by atoms with Crippen molar-refractivity contribution in [3.05, 3.63) is 0 Å². The van der Waals surface area contributed by atoms with Gasteiger partial charge in [0.1, 0.15) is 11.6 Å². The van der Waals surface area contributed by atoms with E-state index in [4.69, 9.17) is 9.47 Å². The third kappa shape index (κ3) is 4.64. The summed E-state index contributed by atoms with van der Waals surface area (Å²) in [6.45, 7) is 7.48. The van der Waals surface area contributed by atoms with Crippen molar-refractivity contribution in [2.45, 2.75) is 51.5 Å². The predicted molar refractivity (Wildman–Crippen MR) is 72.2 cm³/mol. The summed E-state index contributed by atoms with van der Waals surface area (Å²) < 4.78 is 10.3. The van der Waals surface area contributed by atoms with Crippen LogP contribution in [0.15, 0.2) is 0 Å². The van der Waals surface area contributed by atoms with E-state index >= 15 is 0 Å². The number of carbonyl (C=O) groups excluding carboxylic acids is 2. The first-order chi connectivity index (χ1) is 9.14. The molecule has 7 heteroatoms. The van der Waals surface area contributed by atoms with Crippen molar-refractivity contribution in [2.24, 2.45) is 0 Å². The SMILES string of the molecule is CO[C@H](C)[C@H](NC(=O)OC(C)(C)C)C(=O)N1CC(O)C1. The quantitative estimate of drug-likeness (QED) is 0.767. The fraction of sp³-hybridized carbons (Fsp3) is 0.846. The number of nitrogens with one attached hydrogen (secondary N) is 1. The predicted octanol–water partition coefficient (Wildman–Crippen LogP) is 0.118. The number of rotatable bonds is 4. The number of carbonyl (C=O) groups is 2. The fourth-order valence-corrected chi connectivity index (χ4v) is 1.78. The molecule has 0 saturated carbocycles. The number of amides is 2. The Bertz CT molecular complexity index is 360. The highest BCUT2D eigenvalue weighted by molar-refractivity contribution is 5.87. The van der Waals surface area contributed by atoms with Crippen LogP contribution in [0.2, 0.25) is 0 Å². The number of β-amino-alcohol motifs (C(OH)–C–C–N with tert-alkyl or cyclic N) is 1. The van der Waals surface area contributed by atoms with Gasteiger partial charge in [-0.25, -0.2) is 4.79 Å². The molecule has 0 aromatic rings. The molecule has 0 radical (unpaired) electrons. The molecule has 1 rings (SSSR count). The van der Waals surface area contributed by atoms with E-state index in [0.717, 1.165) is 0 Å². The summed E-state index contributed by atoms with van der Waals surface area (Å²) >= 11 is 0. The van der Waals surface area contributed by atoms with E-state index in [9.17, 15) is 14.7 Å². The van der Waals surface area contributed by atoms with Crippen LogP contribution in [-0.2, 0) is 14.3 Å². The minimum Gasteiger partial charge on any atom is -0.444 e. The van der Waals surface area contributed by atoms with Gasteiger partial charge in [0, 0.05) is 20.2 Å². The molecule has 2 N–H and O–H groups in total. The molecule has 0 bridgehead atoms. The number of nitrogens with zero attached hydrogens (tertiary/aromatic N) is 1. The molecule has 1 aliphatic rings. The first-order valence-electron chi connectivity index (χ1n) is 6.63. The van der Waals surface area contributed by atoms with Gasteiger partial charge in [-0.2, -0.15) is 0 Å². The third-order valence-corrected chi connectivity index (χ3v) is 2.95. The van der Waals surface area contributed by atoms with E-state index in [1.807, 2.05) is 0 Å². The molecule has 0 aromatic carbocycles. The van der Waals surface area contributed by atoms with Gasteiger partial charge >= 0.3 is 6.09 Å². The van der Waals surface area contributed by atoms with Gasteiger partial charge in [0.15, 0.2) is 0 Å². The van der Waals surface area contributed by atoms with Gasteiger partial charge in [-0.05, 0) is 27.7 Å². The molecule has 2 atom stereocenters. The molecule has 2 amide bonds. The normalized spacial score (nSPS) is 19.0. The monoisotopic (exact) mass is 288 g/mol. The average Bonchev–Trinajstić information content (AvgIpc) is 2.28. The zero-order valence-corrected chi connectivity index (χ0v) is 12.7. The van der Waals surface area contributed by atoms with Crippen LogP contribution in [0.3, 0.4) is 0 Å². The number of likely N-dealkylation sites (tertiary alicyclic amines) is 1. The standard InChI is InChI=1S/C13H24N2O5/c1-8(19-5)10(11(17)15-6-9(16)7-15)14-12(18)20-13(2,3)4/h8-10,16H,6-7H2,1-5H3,(H,14,18)/t8-,10+/m1/s1. The lowest BCUT2D eigenvalue weighted by atomic mass is 10.1. The highest BCUT2D eigenvalue weighted by Gasteiger charge is 2.37. The van der Waals surface area contributed by atoms with Crippen molar-refractivity contribution >= 4 is 12.0 Å². The van der Waals surface area contributed by atoms with E-state index in [1.165, 1.54) is 12.0 Å². The van der Waals surface area contributed by atoms with Gasteiger partial charge in [0.25, 0.3) is 0 Å². The Hall–Kier alpha value is -1.34. The summed E-state index contributed by atoms with van der Waals surface area (Å²) in [5.74, 6) is -0.282. The Morgan fingerprint density at radius 2 is 1.90 bits per heavy atom. The van der Waals surface area contributed by atoms with Gasteiger partial charge in [-0.1, -0.05) is 0 Å². The Balaban J connectivity index is 2.65. The first kappa shape index (κ1) is 16.7. The molecule has 7 nitrogen and oxygen atoms in total. The Morgan fingerprint density at radius 1 is 1.35 bits per heavy atom. The first-order valence-corrected chi connectivity index (χ1v) is 6.63. The van der Waals surface area contributed by atoms with Crippen LogP contribution in [0.1, 0.15) is 27.7 Å². The number of alkyl carbamates (subject to hydrolysis) is 1. The summed E-state index contributed by atoms with van der Waals surface area (Å²) in [5.41, 5.74) is -0.638. The van der Waals surface area contributed by atoms with Crippen LogP contribution in [0.25, 0.3) is 0 Å². The molecule has 1 heterocycles. The van der Waals surface area contributed by atoms with Crippen LogP contribution in [0, 0.1) is 0 Å². The smallest absolute Gasteiger partial charge is 0.408 e. The van der Waals surface area contributed by atoms with Crippen molar-refractivity contribution in [1.29, 1.82) is 0 Å². The zero-order chi connectivity index (χ0) is 15.5. The molecule has 0 aliphatic carbocycles. The Morgan fingerprint density at radius 3 is 2.30 bits per heavy atom. The van der Waals surface area contributed by atoms with E-state index in [-0.39, 0.29) is 19.0 Å². The molecule has 0 aromatic heterocycles. The van der Waals surface area contributed by atoms with Crippen molar-refractivity contribution < 1.29 is 24.2 Å². The van der Waals surface area contributed by atoms with Crippen molar-refractivity contribution in [1.82, 2.24) is 10.2 Å². The maximum atomic E-state index is 12.2. The number of aliphatic hydroxyl groups is 1. The van der Waals surface area contributed by atoms with Crippen molar-refractivity contribution in [3.63, 3.8) is 0 Å². The third-order valence-electron chi connectivity index (χ3n) is 2.95. The Kier molecular flexibility index (Phi) is 5.35. The number of hydrogen-bond donors (Lipinski definition) is 2. The fourth-order valence-electron chi connectivity index (χ4n) is 1.78. The van der Waals surface area contributed by atoms with Crippen LogP contribution in [0.5, 0.6) is 0 Å². The molecule has 0 unspecified atom stereocenters. The lowest BCUT2D eigenvalue weighted by Crippen LogP contribution is -2.62. The van der Waals surface area contributed by atoms with Gasteiger partial charge in [0.2, 0.25) is 5.91 Å². The summed E-state index contributed by atoms with van der Waals surface area (Å²) in [7, 11) is 1.46. The molecule has 116 valence electrons. The van der Waals surface area contributed by atoms with E-state index in [2.05, 4.69) is 5.32 Å². The largest absolute Gasteiger partial charge is 0.444 e. The minimum absolute atomic E-state index is 0.280. The Labute approximate surface area is 119 Å². The van der Waals surface area contributed by atoms with Crippen LogP contribution < -0.4 is 5.32 Å². The van der Waals surface area contributed by atoms with Gasteiger partial charge in [-0.3, -0.25) is 4.79 Å². The van der Waals surface area contributed by atoms with Gasteiger partial charge in [0.05, 0.1) is 12.2 Å². The second kappa shape index (κ2) is 6.41. The average molecular weight is 288 g/mol. The van der Waals surface area contributed by atoms with E-state index in [0.29, 0.717) is 0 Å². The number of ether oxygens (including phenoxy) is 2. The maximum absolute atomic E-state index is 12.2. The summed E-state index contributed by atoms with van der Waals surface area (Å²) in [6.07, 6.45) is -1.65. The number of methoxy groups -OCH3 is 1. The molecule has 1 fully saturated rings. The van der Waals surface area contributed by atoms with Crippen LogP contribution in [-0.4, -0.2) is 66.1 Å². The lowest BCUT2D eigenvalue weighted by molar-refractivity contribution is -0.146. The second-order valence-corrected chi connectivity index (χ2v) is 5.96. The lowest BCUT2D eigenvalue weighted by Gasteiger charge is -2.39. The highest BCUT2D eigenvalue weighted by Crippen LogP contribution is 2.13. The summed E-state index contributed by atoms with van der Waals surface area (Å²) in [5, 5.41) is 11.8. The van der Waals surface area contributed by atoms with Gasteiger partial charge in [-0.15, -0.1) is 0 Å². The maximum Gasteiger partial charge on any atom is 0.408 e. The number of aliphatic hydroxyl groups excluding tert-OH is 1. The molecule has 0 spiro atoms. The van der Waals surface area contributed by atoms with Crippen LogP contribution >= 0.6 is 0 Å². The zero-order valence-electron chi connectivity index (χ0n) is 12.7. The molecule has 1 saturated heterocycles. The summed E-state index contributed by atoms with van der Waals surface area (Å²) in [6, 6.07) is -0.831. The second-order valence-electron chi connectivity index (χ2n) is 5.96. The molecular formula is C13H24N2O5. The summed E-state index contributed by atoms with van der Waals surface area (Å²) in [4.78, 5) is 25.5. The topological polar surface area (TPSA) is 88.1 Å². The van der Waals surface area contributed by atoms with E-state index < -0.39 is 29.9 Å². The van der Waals surface area contributed by atoms with Gasteiger partial charge < -0.3 is 24.8 Å². The highest BCUT2D eigenvalue weighted by atomic mass is 16.6. The van der Waals surface area contributed by atoms with Crippen molar-refractivity contribution in [2.75, 3.05) is 20.2 Å². The molecule has 20 heavy (non-hydrogen) atoms. The van der Waals surface area contributed by atoms with Crippen LogP contribution in [0.4, 0.5) is 4.79 Å².